The standard InChI is InChI=1S/C16H22O.CH2O3/c1-11-4-3-9-16(2)14(11)7-5-12-10-13(17)6-8-15(12)16;2-1(3)4/h6,8,10-11,14,17H,3-5,7,9H2,1-2H3;(H2,2,3,4). The van der Waals surface area contributed by atoms with Crippen molar-refractivity contribution in [3.05, 3.63) is 29.3 Å². The van der Waals surface area contributed by atoms with E-state index in [0.29, 0.717) is 11.2 Å². The molecule has 3 unspecified atom stereocenters. The Bertz CT molecular complexity index is 522. The summed E-state index contributed by atoms with van der Waals surface area (Å²) in [5, 5.41) is 23.6. The minimum Gasteiger partial charge on any atom is -0.508 e. The van der Waals surface area contributed by atoms with Crippen LogP contribution < -0.4 is 0 Å². The van der Waals surface area contributed by atoms with Gasteiger partial charge in [0.1, 0.15) is 5.75 Å². The first-order valence-corrected chi connectivity index (χ1v) is 7.59. The number of fused-ring (bicyclic) bond motifs is 3. The number of hydrogen-bond acceptors (Lipinski definition) is 2. The first-order valence-electron chi connectivity index (χ1n) is 7.59. The Labute approximate surface area is 125 Å². The zero-order valence-electron chi connectivity index (χ0n) is 12.7. The van der Waals surface area contributed by atoms with Crippen LogP contribution in [-0.4, -0.2) is 21.5 Å². The molecule has 1 saturated carbocycles. The van der Waals surface area contributed by atoms with Crippen LogP contribution >= 0.6 is 0 Å². The summed E-state index contributed by atoms with van der Waals surface area (Å²) in [6.45, 7) is 4.87. The lowest BCUT2D eigenvalue weighted by Gasteiger charge is -2.49. The maximum Gasteiger partial charge on any atom is 0.503 e. The van der Waals surface area contributed by atoms with Crippen LogP contribution in [0.2, 0.25) is 0 Å². The number of phenolic OH excluding ortho intramolecular Hbond substituents is 1. The summed E-state index contributed by atoms with van der Waals surface area (Å²) >= 11 is 0. The van der Waals surface area contributed by atoms with Crippen LogP contribution in [0.1, 0.15) is 50.7 Å². The van der Waals surface area contributed by atoms with E-state index >= 15 is 0 Å². The highest BCUT2D eigenvalue weighted by Gasteiger charge is 2.44. The third-order valence-corrected chi connectivity index (χ3v) is 5.29. The molecule has 0 bridgehead atoms. The van der Waals surface area contributed by atoms with Crippen LogP contribution in [0.5, 0.6) is 5.75 Å². The fraction of sp³-hybridized carbons (Fsp3) is 0.588. The lowest BCUT2D eigenvalue weighted by molar-refractivity contribution is 0.117. The zero-order valence-corrected chi connectivity index (χ0v) is 12.7. The fourth-order valence-corrected chi connectivity index (χ4v) is 4.40. The molecule has 0 heterocycles. The van der Waals surface area contributed by atoms with E-state index in [-0.39, 0.29) is 0 Å². The summed E-state index contributed by atoms with van der Waals surface area (Å²) in [4.78, 5) is 8.56. The molecule has 2 aliphatic rings. The molecular formula is C17H24O4. The molecule has 2 aliphatic carbocycles. The molecule has 0 amide bonds. The maximum atomic E-state index is 9.62. The number of benzene rings is 1. The van der Waals surface area contributed by atoms with Crippen LogP contribution in [0, 0.1) is 11.8 Å². The lowest BCUT2D eigenvalue weighted by atomic mass is 9.55. The molecule has 0 aliphatic heterocycles. The third kappa shape index (κ3) is 3.14. The summed E-state index contributed by atoms with van der Waals surface area (Å²) in [6, 6.07) is 6.02. The summed E-state index contributed by atoms with van der Waals surface area (Å²) in [5.41, 5.74) is 3.26. The molecular weight excluding hydrogens is 268 g/mol. The van der Waals surface area contributed by atoms with E-state index in [2.05, 4.69) is 19.9 Å². The fourth-order valence-electron chi connectivity index (χ4n) is 4.40. The summed E-state index contributed by atoms with van der Waals surface area (Å²) < 4.78 is 0. The van der Waals surface area contributed by atoms with Gasteiger partial charge in [-0.15, -0.1) is 0 Å². The summed E-state index contributed by atoms with van der Waals surface area (Å²) in [6.07, 6.45) is 4.68. The normalized spacial score (nSPS) is 30.4. The Hall–Kier alpha value is -1.71. The molecule has 1 aromatic carbocycles. The van der Waals surface area contributed by atoms with E-state index < -0.39 is 6.16 Å². The topological polar surface area (TPSA) is 77.8 Å². The summed E-state index contributed by atoms with van der Waals surface area (Å²) in [5.74, 6) is 2.12. The second kappa shape index (κ2) is 5.96. The van der Waals surface area contributed by atoms with Gasteiger partial charge in [0.2, 0.25) is 0 Å². The highest BCUT2D eigenvalue weighted by Crippen LogP contribution is 2.52. The Morgan fingerprint density at radius 1 is 1.29 bits per heavy atom. The van der Waals surface area contributed by atoms with E-state index in [4.69, 9.17) is 15.0 Å². The first-order chi connectivity index (χ1) is 9.84. The second-order valence-corrected chi connectivity index (χ2v) is 6.56. The van der Waals surface area contributed by atoms with Gasteiger partial charge >= 0.3 is 6.16 Å². The van der Waals surface area contributed by atoms with Crippen molar-refractivity contribution >= 4 is 6.16 Å². The molecule has 1 aromatic rings. The molecule has 0 spiro atoms. The number of carboxylic acid groups (broad SMARTS) is 2. The Balaban J connectivity index is 0.000000361. The Morgan fingerprint density at radius 3 is 2.62 bits per heavy atom. The van der Waals surface area contributed by atoms with Crippen molar-refractivity contribution < 1.29 is 20.1 Å². The van der Waals surface area contributed by atoms with Gasteiger partial charge in [-0.05, 0) is 59.8 Å². The molecule has 0 radical (unpaired) electrons. The van der Waals surface area contributed by atoms with Crippen molar-refractivity contribution in [3.63, 3.8) is 0 Å². The average molecular weight is 292 g/mol. The van der Waals surface area contributed by atoms with Crippen molar-refractivity contribution in [2.24, 2.45) is 11.8 Å². The van der Waals surface area contributed by atoms with E-state index in [1.807, 2.05) is 12.1 Å². The third-order valence-electron chi connectivity index (χ3n) is 5.29. The number of aryl methyl sites for hydroxylation is 1. The quantitative estimate of drug-likeness (QED) is 0.668. The number of carbonyl (C=O) groups is 1. The first kappa shape index (κ1) is 15.7. The summed E-state index contributed by atoms with van der Waals surface area (Å²) in [7, 11) is 0. The minimum absolute atomic E-state index is 0.360. The number of phenols is 1. The van der Waals surface area contributed by atoms with Gasteiger partial charge in [-0.25, -0.2) is 4.79 Å². The molecule has 3 rings (SSSR count). The van der Waals surface area contributed by atoms with Crippen molar-refractivity contribution in [2.75, 3.05) is 0 Å². The van der Waals surface area contributed by atoms with E-state index in [0.717, 1.165) is 18.3 Å². The Morgan fingerprint density at radius 2 is 1.95 bits per heavy atom. The van der Waals surface area contributed by atoms with Crippen LogP contribution in [0.25, 0.3) is 0 Å². The van der Waals surface area contributed by atoms with Crippen molar-refractivity contribution in [1.82, 2.24) is 0 Å². The van der Waals surface area contributed by atoms with E-state index in [9.17, 15) is 5.11 Å². The van der Waals surface area contributed by atoms with Gasteiger partial charge in [0.25, 0.3) is 0 Å². The monoisotopic (exact) mass is 292 g/mol. The van der Waals surface area contributed by atoms with Gasteiger partial charge in [0.15, 0.2) is 0 Å². The highest BCUT2D eigenvalue weighted by atomic mass is 16.6. The highest BCUT2D eigenvalue weighted by molar-refractivity contribution is 5.53. The predicted octanol–water partition coefficient (Wildman–Crippen LogP) is 4.25. The number of aromatic hydroxyl groups is 1. The largest absolute Gasteiger partial charge is 0.508 e. The average Bonchev–Trinajstić information content (AvgIpc) is 2.37. The van der Waals surface area contributed by atoms with Gasteiger partial charge < -0.3 is 15.3 Å². The molecule has 0 saturated heterocycles. The molecule has 4 nitrogen and oxygen atoms in total. The molecule has 3 N–H and O–H groups in total. The number of hydrogen-bond donors (Lipinski definition) is 3. The van der Waals surface area contributed by atoms with Gasteiger partial charge in [-0.1, -0.05) is 32.8 Å². The zero-order chi connectivity index (χ0) is 15.6. The van der Waals surface area contributed by atoms with Crippen LogP contribution in [0.15, 0.2) is 18.2 Å². The van der Waals surface area contributed by atoms with Crippen molar-refractivity contribution in [1.29, 1.82) is 0 Å². The van der Waals surface area contributed by atoms with Crippen LogP contribution in [0.4, 0.5) is 4.79 Å². The molecule has 1 fully saturated rings. The van der Waals surface area contributed by atoms with Gasteiger partial charge in [-0.3, -0.25) is 0 Å². The molecule has 4 heteroatoms. The SMILES string of the molecule is CC1CCCC2(C)c3ccc(O)cc3CCC12.O=C(O)O. The smallest absolute Gasteiger partial charge is 0.503 e. The molecule has 0 aromatic heterocycles. The maximum absolute atomic E-state index is 9.62. The van der Waals surface area contributed by atoms with Crippen molar-refractivity contribution in [3.8, 4) is 5.75 Å². The molecule has 21 heavy (non-hydrogen) atoms. The lowest BCUT2D eigenvalue weighted by Crippen LogP contribution is -2.43. The Kier molecular flexibility index (Phi) is 4.45. The van der Waals surface area contributed by atoms with Gasteiger partial charge in [0.05, 0.1) is 0 Å². The molecule has 3 atom stereocenters. The molecule has 116 valence electrons. The van der Waals surface area contributed by atoms with E-state index in [1.54, 1.807) is 0 Å². The van der Waals surface area contributed by atoms with Crippen LogP contribution in [-0.2, 0) is 11.8 Å². The predicted molar refractivity (Wildman–Crippen MR) is 80.9 cm³/mol. The number of rotatable bonds is 0. The van der Waals surface area contributed by atoms with E-state index in [1.165, 1.54) is 36.8 Å². The minimum atomic E-state index is -1.83. The van der Waals surface area contributed by atoms with Crippen LogP contribution in [0.3, 0.4) is 0 Å². The van der Waals surface area contributed by atoms with Gasteiger partial charge in [0, 0.05) is 0 Å². The van der Waals surface area contributed by atoms with Crippen molar-refractivity contribution in [2.45, 2.75) is 51.4 Å². The van der Waals surface area contributed by atoms with Gasteiger partial charge in [-0.2, -0.15) is 0 Å². The second-order valence-electron chi connectivity index (χ2n) is 6.56.